The molecule has 3 saturated carbocycles. The Bertz CT molecular complexity index is 993. The lowest BCUT2D eigenvalue weighted by molar-refractivity contribution is -0.246. The van der Waals surface area contributed by atoms with Crippen molar-refractivity contribution >= 4 is 22.6 Å². The Morgan fingerprint density at radius 2 is 1.40 bits per heavy atom. The Morgan fingerprint density at radius 1 is 0.814 bits per heavy atom. The van der Waals surface area contributed by atoms with Crippen LogP contribution >= 0.6 is 0 Å². The lowest BCUT2D eigenvalue weighted by Gasteiger charge is -2.58. The summed E-state index contributed by atoms with van der Waals surface area (Å²) in [4.78, 5) is 12.2. The van der Waals surface area contributed by atoms with E-state index in [4.69, 9.17) is 23.1 Å². The van der Waals surface area contributed by atoms with Crippen LogP contribution in [0.1, 0.15) is 107 Å². The van der Waals surface area contributed by atoms with Crippen LogP contribution in [0.5, 0.6) is 0 Å². The molecule has 8 heteroatoms. The molecule has 0 N–H and O–H groups in total. The topological polar surface area (TPSA) is 63.2 Å². The van der Waals surface area contributed by atoms with Crippen LogP contribution in [0.4, 0.5) is 0 Å². The first-order chi connectivity index (χ1) is 19.6. The maximum absolute atomic E-state index is 12.2. The summed E-state index contributed by atoms with van der Waals surface area (Å²) < 4.78 is 32.9. The number of ether oxygens (including phenoxy) is 3. The van der Waals surface area contributed by atoms with Crippen molar-refractivity contribution in [3.8, 4) is 0 Å². The number of hydrogen-bond donors (Lipinski definition) is 0. The number of carbonyl (C=O) groups excluding carboxylic acids is 1. The standard InChI is InChI=1S/C35H66O6Si2/c1-25(36)37-24-28-29(15-18-34(9)30(28)16-19-35(34)38-20-21-39-35)33(8)17-14-27(41-43(12,13)32(5,6)7)22-26(33)23-40-42(10,11)31(2,3)4/h26-30H,14-24H2,1-13H3/t26-,27+,28-,29+,30+,33-,34+/m1/s1. The summed E-state index contributed by atoms with van der Waals surface area (Å²) in [6, 6.07) is 0. The van der Waals surface area contributed by atoms with E-state index in [0.717, 1.165) is 51.6 Å². The van der Waals surface area contributed by atoms with Gasteiger partial charge in [0, 0.05) is 31.5 Å². The average molecular weight is 639 g/mol. The van der Waals surface area contributed by atoms with Gasteiger partial charge in [0.25, 0.3) is 0 Å². The van der Waals surface area contributed by atoms with E-state index in [2.05, 4.69) is 81.6 Å². The van der Waals surface area contributed by atoms with Gasteiger partial charge < -0.3 is 23.1 Å². The van der Waals surface area contributed by atoms with Crippen LogP contribution in [-0.4, -0.2) is 60.9 Å². The molecule has 250 valence electrons. The molecular formula is C35H66O6Si2. The van der Waals surface area contributed by atoms with Gasteiger partial charge in [-0.1, -0.05) is 55.4 Å². The minimum Gasteiger partial charge on any atom is -0.466 e. The van der Waals surface area contributed by atoms with Gasteiger partial charge in [-0.05, 0) is 104 Å². The Balaban J connectivity index is 1.66. The van der Waals surface area contributed by atoms with Gasteiger partial charge in [-0.2, -0.15) is 0 Å². The number of hydrogen-bond acceptors (Lipinski definition) is 6. The third-order valence-electron chi connectivity index (χ3n) is 13.8. The largest absolute Gasteiger partial charge is 0.466 e. The zero-order valence-corrected chi connectivity index (χ0v) is 32.1. The van der Waals surface area contributed by atoms with Crippen molar-refractivity contribution in [2.24, 2.45) is 34.5 Å². The second-order valence-electron chi connectivity index (χ2n) is 18.2. The summed E-state index contributed by atoms with van der Waals surface area (Å²) in [6.07, 6.45) is 7.74. The second kappa shape index (κ2) is 12.1. The third-order valence-corrected chi connectivity index (χ3v) is 22.8. The van der Waals surface area contributed by atoms with E-state index in [9.17, 15) is 4.79 Å². The molecule has 0 aromatic carbocycles. The van der Waals surface area contributed by atoms with Crippen molar-refractivity contribution in [2.75, 3.05) is 26.4 Å². The second-order valence-corrected chi connectivity index (χ2v) is 27.7. The summed E-state index contributed by atoms with van der Waals surface area (Å²) in [7, 11) is -3.84. The first-order valence-corrected chi connectivity index (χ1v) is 23.1. The van der Waals surface area contributed by atoms with Gasteiger partial charge in [0.2, 0.25) is 0 Å². The lowest BCUT2D eigenvalue weighted by atomic mass is 9.49. The Morgan fingerprint density at radius 3 is 1.95 bits per heavy atom. The van der Waals surface area contributed by atoms with Crippen LogP contribution < -0.4 is 0 Å². The first-order valence-electron chi connectivity index (χ1n) is 17.3. The van der Waals surface area contributed by atoms with E-state index in [0.29, 0.717) is 37.6 Å². The molecule has 0 radical (unpaired) electrons. The molecule has 0 amide bonds. The molecule has 6 nitrogen and oxygen atoms in total. The predicted octanol–water partition coefficient (Wildman–Crippen LogP) is 8.95. The molecule has 1 aliphatic heterocycles. The fourth-order valence-electron chi connectivity index (χ4n) is 8.79. The molecule has 7 atom stereocenters. The fraction of sp³-hybridized carbons (Fsp3) is 0.971. The van der Waals surface area contributed by atoms with Gasteiger partial charge in [0.15, 0.2) is 22.4 Å². The van der Waals surface area contributed by atoms with E-state index in [1.165, 1.54) is 0 Å². The Hall–Kier alpha value is -0.256. The molecule has 1 heterocycles. The van der Waals surface area contributed by atoms with Crippen LogP contribution in [0.25, 0.3) is 0 Å². The highest BCUT2D eigenvalue weighted by Crippen LogP contribution is 2.67. The lowest BCUT2D eigenvalue weighted by Crippen LogP contribution is -2.57. The fourth-order valence-corrected chi connectivity index (χ4v) is 11.2. The molecule has 1 saturated heterocycles. The van der Waals surface area contributed by atoms with Gasteiger partial charge in [-0.3, -0.25) is 4.79 Å². The van der Waals surface area contributed by atoms with Gasteiger partial charge in [-0.15, -0.1) is 0 Å². The van der Waals surface area contributed by atoms with Crippen molar-refractivity contribution in [3.05, 3.63) is 0 Å². The number of carbonyl (C=O) groups is 1. The maximum atomic E-state index is 12.2. The first kappa shape index (κ1) is 35.6. The molecule has 0 unspecified atom stereocenters. The van der Waals surface area contributed by atoms with Gasteiger partial charge >= 0.3 is 5.97 Å². The predicted molar refractivity (Wildman–Crippen MR) is 179 cm³/mol. The summed E-state index contributed by atoms with van der Waals surface area (Å²) >= 11 is 0. The van der Waals surface area contributed by atoms with Crippen LogP contribution in [-0.2, 0) is 27.9 Å². The Kier molecular flexibility index (Phi) is 10.00. The summed E-state index contributed by atoms with van der Waals surface area (Å²) in [5, 5.41) is 0.353. The monoisotopic (exact) mass is 638 g/mol. The molecule has 4 fully saturated rings. The van der Waals surface area contributed by atoms with Gasteiger partial charge in [0.05, 0.1) is 19.8 Å². The van der Waals surface area contributed by atoms with Crippen molar-refractivity contribution in [1.82, 2.24) is 0 Å². The van der Waals surface area contributed by atoms with Crippen molar-refractivity contribution in [1.29, 1.82) is 0 Å². The minimum atomic E-state index is -1.94. The minimum absolute atomic E-state index is 0.0586. The number of fused-ring (bicyclic) bond motifs is 2. The summed E-state index contributed by atoms with van der Waals surface area (Å²) in [5.74, 6) is 0.882. The SMILES string of the molecule is CC(=O)OC[C@@H]1[C@@H]([C@]2(C)CC[C@H](O[Si](C)(C)C(C)(C)C)C[C@@H]2CO[Si](C)(C)C(C)(C)C)CC[C@@]2(C)[C@H]1CCC21OCCO1. The van der Waals surface area contributed by atoms with Crippen LogP contribution in [0, 0.1) is 34.5 Å². The van der Waals surface area contributed by atoms with Crippen molar-refractivity contribution in [2.45, 2.75) is 155 Å². The van der Waals surface area contributed by atoms with Crippen LogP contribution in [0.2, 0.25) is 36.3 Å². The van der Waals surface area contributed by atoms with E-state index >= 15 is 0 Å². The summed E-state index contributed by atoms with van der Waals surface area (Å²) in [5.41, 5.74) is 0.0197. The molecule has 43 heavy (non-hydrogen) atoms. The highest BCUT2D eigenvalue weighted by Gasteiger charge is 2.67. The highest BCUT2D eigenvalue weighted by atomic mass is 28.4. The normalized spacial score (nSPS) is 37.0. The molecule has 0 bridgehead atoms. The molecule has 4 rings (SSSR count). The molecule has 4 aliphatic rings. The molecule has 3 aliphatic carbocycles. The third kappa shape index (κ3) is 6.63. The smallest absolute Gasteiger partial charge is 0.302 e. The highest BCUT2D eigenvalue weighted by molar-refractivity contribution is 6.74. The van der Waals surface area contributed by atoms with Gasteiger partial charge in [0.1, 0.15) is 0 Å². The molecule has 0 aromatic rings. The quantitative estimate of drug-likeness (QED) is 0.195. The van der Waals surface area contributed by atoms with E-state index < -0.39 is 22.4 Å². The van der Waals surface area contributed by atoms with Crippen molar-refractivity contribution in [3.63, 3.8) is 0 Å². The number of esters is 1. The maximum Gasteiger partial charge on any atom is 0.302 e. The van der Waals surface area contributed by atoms with Crippen LogP contribution in [0.15, 0.2) is 0 Å². The van der Waals surface area contributed by atoms with Crippen LogP contribution in [0.3, 0.4) is 0 Å². The average Bonchev–Trinajstić information content (AvgIpc) is 3.47. The van der Waals surface area contributed by atoms with E-state index in [-0.39, 0.29) is 38.9 Å². The zero-order valence-electron chi connectivity index (χ0n) is 30.1. The number of rotatable bonds is 8. The summed E-state index contributed by atoms with van der Waals surface area (Å²) in [6.45, 7) is 32.7. The van der Waals surface area contributed by atoms with Gasteiger partial charge in [-0.25, -0.2) is 0 Å². The molecule has 1 spiro atoms. The van der Waals surface area contributed by atoms with Crippen molar-refractivity contribution < 1.29 is 27.9 Å². The molecule has 0 aromatic heterocycles. The van der Waals surface area contributed by atoms with E-state index in [1.807, 2.05) is 0 Å². The van der Waals surface area contributed by atoms with E-state index in [1.54, 1.807) is 6.92 Å². The Labute approximate surface area is 266 Å². The molecular weight excluding hydrogens is 573 g/mol. The zero-order chi connectivity index (χ0) is 32.3.